The highest BCUT2D eigenvalue weighted by atomic mass is 19.1. The van der Waals surface area contributed by atoms with Crippen LogP contribution in [0.25, 0.3) is 22.3 Å². The maximum atomic E-state index is 15.0. The maximum absolute atomic E-state index is 15.0. The zero-order valence-corrected chi connectivity index (χ0v) is 22.2. The summed E-state index contributed by atoms with van der Waals surface area (Å²) < 4.78 is 21.9. The highest BCUT2D eigenvalue weighted by Gasteiger charge is 2.38. The molecule has 3 aliphatic rings. The summed E-state index contributed by atoms with van der Waals surface area (Å²) in [5.74, 6) is -0.483. The maximum Gasteiger partial charge on any atom is 0.257 e. The van der Waals surface area contributed by atoms with Gasteiger partial charge in [0, 0.05) is 48.3 Å². The van der Waals surface area contributed by atoms with Crippen LogP contribution in [0.3, 0.4) is 0 Å². The van der Waals surface area contributed by atoms with Crippen molar-refractivity contribution in [3.8, 4) is 11.4 Å². The number of halogens is 1. The zero-order chi connectivity index (χ0) is 27.6. The lowest BCUT2D eigenvalue weighted by molar-refractivity contribution is -0.127. The first kappa shape index (κ1) is 25.8. The second kappa shape index (κ2) is 9.32. The number of carbonyl (C=O) groups is 2. The molecule has 39 heavy (non-hydrogen) atoms. The van der Waals surface area contributed by atoms with Gasteiger partial charge in [-0.3, -0.25) is 14.4 Å². The second-order valence-corrected chi connectivity index (χ2v) is 10.8. The average molecular weight is 535 g/mol. The third-order valence-electron chi connectivity index (χ3n) is 8.69. The normalized spacial score (nSPS) is 19.3. The monoisotopic (exact) mass is 534 g/mol. The number of rotatable bonds is 7. The third-order valence-corrected chi connectivity index (χ3v) is 8.69. The predicted octanol–water partition coefficient (Wildman–Crippen LogP) is 2.14. The van der Waals surface area contributed by atoms with E-state index in [2.05, 4.69) is 10.6 Å². The van der Waals surface area contributed by atoms with Gasteiger partial charge in [-0.2, -0.15) is 0 Å². The Morgan fingerprint density at radius 1 is 1.36 bits per heavy atom. The molecule has 9 nitrogen and oxygen atoms in total. The molecule has 10 heteroatoms. The quantitative estimate of drug-likeness (QED) is 0.311. The molecule has 2 aliphatic heterocycles. The van der Waals surface area contributed by atoms with Gasteiger partial charge in [0.1, 0.15) is 11.4 Å². The lowest BCUT2D eigenvalue weighted by atomic mass is 9.81. The van der Waals surface area contributed by atoms with Crippen molar-refractivity contribution in [2.24, 2.45) is 5.92 Å². The number of amides is 1. The molecule has 204 valence electrons. The number of benzene rings is 1. The number of ether oxygens (including phenoxy) is 1. The van der Waals surface area contributed by atoms with Gasteiger partial charge in [-0.15, -0.1) is 0 Å². The van der Waals surface area contributed by atoms with E-state index in [-0.39, 0.29) is 59.9 Å². The predicted molar refractivity (Wildman–Crippen MR) is 142 cm³/mol. The van der Waals surface area contributed by atoms with Gasteiger partial charge in [-0.05, 0) is 48.9 Å². The summed E-state index contributed by atoms with van der Waals surface area (Å²) in [5.41, 5.74) is 2.60. The Kier molecular flexibility index (Phi) is 6.16. The van der Waals surface area contributed by atoms with Crippen molar-refractivity contribution < 1.29 is 23.8 Å². The summed E-state index contributed by atoms with van der Waals surface area (Å²) in [6.07, 6.45) is 1.70. The summed E-state index contributed by atoms with van der Waals surface area (Å²) in [7, 11) is 1.45. The van der Waals surface area contributed by atoms with Crippen LogP contribution in [0.5, 0.6) is 0 Å². The smallest absolute Gasteiger partial charge is 0.257 e. The molecule has 2 aromatic heterocycles. The Balaban J connectivity index is 1.61. The van der Waals surface area contributed by atoms with Crippen LogP contribution in [0.15, 0.2) is 16.9 Å². The van der Waals surface area contributed by atoms with Crippen molar-refractivity contribution in [2.75, 3.05) is 20.2 Å². The van der Waals surface area contributed by atoms with Crippen LogP contribution in [0, 0.1) is 18.7 Å². The summed E-state index contributed by atoms with van der Waals surface area (Å²) in [4.78, 5) is 43.6. The fourth-order valence-corrected chi connectivity index (χ4v) is 6.26. The van der Waals surface area contributed by atoms with E-state index < -0.39 is 5.60 Å². The van der Waals surface area contributed by atoms with Gasteiger partial charge < -0.3 is 25.0 Å². The second-order valence-electron chi connectivity index (χ2n) is 10.8. The van der Waals surface area contributed by atoms with E-state index in [0.29, 0.717) is 54.7 Å². The minimum absolute atomic E-state index is 0.0314. The average Bonchev–Trinajstić information content (AvgIpc) is 3.26. The van der Waals surface area contributed by atoms with Crippen LogP contribution in [-0.2, 0) is 39.5 Å². The SMILES string of the molecule is CCC(O)(C=O)c1cc2n(c(=O)c1COC)Cc1c-2nc2cc(F)c(C)c3c2c1C(NC(=O)C1CNC1)CC3. The first-order chi connectivity index (χ1) is 18.7. The van der Waals surface area contributed by atoms with Crippen LogP contribution >= 0.6 is 0 Å². The van der Waals surface area contributed by atoms with Gasteiger partial charge in [0.05, 0.1) is 42.0 Å². The van der Waals surface area contributed by atoms with Gasteiger partial charge in [0.2, 0.25) is 5.91 Å². The van der Waals surface area contributed by atoms with E-state index in [1.165, 1.54) is 13.2 Å². The summed E-state index contributed by atoms with van der Waals surface area (Å²) in [6, 6.07) is 2.72. The fourth-order valence-electron chi connectivity index (χ4n) is 6.26. The lowest BCUT2D eigenvalue weighted by Crippen LogP contribution is -2.51. The molecule has 4 heterocycles. The molecule has 3 N–H and O–H groups in total. The van der Waals surface area contributed by atoms with Crippen LogP contribution in [-0.4, -0.2) is 47.1 Å². The number of hydrogen-bond acceptors (Lipinski definition) is 7. The largest absolute Gasteiger partial charge is 0.380 e. The van der Waals surface area contributed by atoms with E-state index in [0.717, 1.165) is 22.1 Å². The van der Waals surface area contributed by atoms with Crippen LogP contribution in [0.1, 0.15) is 59.2 Å². The Morgan fingerprint density at radius 3 is 2.77 bits per heavy atom. The molecule has 1 aromatic carbocycles. The molecule has 0 spiro atoms. The van der Waals surface area contributed by atoms with E-state index in [9.17, 15) is 19.5 Å². The van der Waals surface area contributed by atoms with E-state index in [1.807, 2.05) is 0 Å². The minimum atomic E-state index is -1.87. The van der Waals surface area contributed by atoms with Crippen molar-refractivity contribution in [1.82, 2.24) is 20.2 Å². The fraction of sp³-hybridized carbons (Fsp3) is 0.448. The molecule has 0 radical (unpaired) electrons. The topological polar surface area (TPSA) is 123 Å². The minimum Gasteiger partial charge on any atom is -0.380 e. The number of methoxy groups -OCH3 is 1. The molecule has 1 fully saturated rings. The first-order valence-electron chi connectivity index (χ1n) is 13.3. The van der Waals surface area contributed by atoms with E-state index in [4.69, 9.17) is 9.72 Å². The van der Waals surface area contributed by atoms with Crippen LogP contribution in [0.4, 0.5) is 4.39 Å². The van der Waals surface area contributed by atoms with Crippen molar-refractivity contribution in [2.45, 2.75) is 57.9 Å². The van der Waals surface area contributed by atoms with Gasteiger partial charge in [-0.25, -0.2) is 9.37 Å². The number of fused-ring (bicyclic) bond motifs is 4. The molecule has 6 rings (SSSR count). The number of nitrogens with one attached hydrogen (secondary N) is 2. The van der Waals surface area contributed by atoms with Gasteiger partial charge in [0.15, 0.2) is 6.29 Å². The highest BCUT2D eigenvalue weighted by Crippen LogP contribution is 2.45. The first-order valence-corrected chi connectivity index (χ1v) is 13.3. The van der Waals surface area contributed by atoms with Crippen molar-refractivity contribution in [3.05, 3.63) is 61.7 Å². The number of aliphatic hydroxyl groups is 1. The van der Waals surface area contributed by atoms with E-state index in [1.54, 1.807) is 24.5 Å². The molecule has 2 atom stereocenters. The number of hydrogen-bond donors (Lipinski definition) is 3. The van der Waals surface area contributed by atoms with Gasteiger partial charge >= 0.3 is 0 Å². The van der Waals surface area contributed by atoms with Gasteiger partial charge in [0.25, 0.3) is 5.56 Å². The Hall–Kier alpha value is -3.47. The van der Waals surface area contributed by atoms with Crippen LogP contribution in [0.2, 0.25) is 0 Å². The molecule has 3 aromatic rings. The van der Waals surface area contributed by atoms with Crippen molar-refractivity contribution in [3.63, 3.8) is 0 Å². The lowest BCUT2D eigenvalue weighted by Gasteiger charge is -2.33. The molecule has 1 aliphatic carbocycles. The standard InChI is InChI=1S/C29H31FN4O5/c1-4-29(38,13-35)19-7-23-26-17(11-34(23)28(37)18(19)12-39-3)25-21(33-27(36)15-9-31-10-15)6-5-16-14(2)20(30)8-22(32-26)24(16)25/h7-8,13,15,21,31,38H,4-6,9-12H2,1-3H3,(H,33,36). The number of aldehydes is 1. The van der Waals surface area contributed by atoms with Crippen molar-refractivity contribution in [1.29, 1.82) is 0 Å². The molecular weight excluding hydrogens is 503 g/mol. The molecule has 1 amide bonds. The Morgan fingerprint density at radius 2 is 2.13 bits per heavy atom. The Labute approximate surface area is 224 Å². The number of aryl methyl sites for hydroxylation is 1. The molecule has 1 saturated heterocycles. The summed E-state index contributed by atoms with van der Waals surface area (Å²) in [6.45, 7) is 4.81. The van der Waals surface area contributed by atoms with Gasteiger partial charge in [-0.1, -0.05) is 6.92 Å². The summed E-state index contributed by atoms with van der Waals surface area (Å²) >= 11 is 0. The van der Waals surface area contributed by atoms with Crippen LogP contribution < -0.4 is 16.2 Å². The summed E-state index contributed by atoms with van der Waals surface area (Å²) in [5, 5.41) is 18.3. The highest BCUT2D eigenvalue weighted by molar-refractivity contribution is 5.93. The molecule has 0 saturated carbocycles. The molecule has 2 unspecified atom stereocenters. The number of aromatic nitrogens is 2. The molecular formula is C29H31FN4O5. The van der Waals surface area contributed by atoms with Crippen molar-refractivity contribution >= 4 is 23.1 Å². The number of pyridine rings is 2. The molecule has 0 bridgehead atoms. The number of nitrogens with zero attached hydrogens (tertiary/aromatic N) is 2. The zero-order valence-electron chi connectivity index (χ0n) is 22.2. The third kappa shape index (κ3) is 3.76. The Bertz CT molecular complexity index is 1610. The number of carbonyl (C=O) groups excluding carboxylic acids is 2. The van der Waals surface area contributed by atoms with E-state index >= 15 is 4.39 Å².